The van der Waals surface area contributed by atoms with Crippen LogP contribution in [0.4, 0.5) is 43.9 Å². The first-order valence-corrected chi connectivity index (χ1v) is 6.47. The van der Waals surface area contributed by atoms with E-state index >= 15 is 0 Å². The minimum absolute atomic E-state index is 0. The molecule has 0 saturated carbocycles. The van der Waals surface area contributed by atoms with Crippen molar-refractivity contribution in [2.75, 3.05) is 0 Å². The van der Waals surface area contributed by atoms with E-state index in [9.17, 15) is 43.9 Å². The highest BCUT2D eigenvalue weighted by Crippen LogP contribution is 2.35. The van der Waals surface area contributed by atoms with E-state index in [2.05, 4.69) is 0 Å². The number of halogens is 12. The molecule has 2 aromatic rings. The van der Waals surface area contributed by atoms with Crippen molar-refractivity contribution in [1.29, 1.82) is 0 Å². The first-order chi connectivity index (χ1) is 11.9. The van der Waals surface area contributed by atoms with E-state index in [0.29, 0.717) is 0 Å². The fourth-order valence-corrected chi connectivity index (χ4v) is 2.19. The molecule has 0 aliphatic carbocycles. The van der Waals surface area contributed by atoms with E-state index in [1.54, 1.807) is 0 Å². The second kappa shape index (κ2) is 9.16. The summed E-state index contributed by atoms with van der Waals surface area (Å²) in [5, 5.41) is 0. The largest absolute Gasteiger partial charge is 0.322 e. The maximum atomic E-state index is 13.7. The molecule has 2 aromatic carbocycles. The van der Waals surface area contributed by atoms with Crippen LogP contribution >= 0.6 is 24.8 Å². The van der Waals surface area contributed by atoms with Gasteiger partial charge in [-0.25, -0.2) is 43.9 Å². The summed E-state index contributed by atoms with van der Waals surface area (Å²) in [5.41, 5.74) is 6.85. The molecule has 0 heterocycles. The van der Waals surface area contributed by atoms with Crippen LogP contribution in [0.5, 0.6) is 0 Å². The molecule has 0 spiro atoms. The van der Waals surface area contributed by atoms with Gasteiger partial charge in [0.05, 0.1) is 12.1 Å². The minimum Gasteiger partial charge on any atom is -0.322 e. The maximum Gasteiger partial charge on any atom is 0.200 e. The fourth-order valence-electron chi connectivity index (χ4n) is 2.19. The molecule has 0 radical (unpaired) electrons. The summed E-state index contributed by atoms with van der Waals surface area (Å²) in [4.78, 5) is 0. The Balaban J connectivity index is 0.00000364. The summed E-state index contributed by atoms with van der Waals surface area (Å²) in [5.74, 6) is -24.7. The van der Waals surface area contributed by atoms with E-state index in [1.807, 2.05) is 0 Å². The summed E-state index contributed by atoms with van der Waals surface area (Å²) in [6.45, 7) is 0. The van der Waals surface area contributed by atoms with Gasteiger partial charge in [0.15, 0.2) is 46.5 Å². The Hall–Kier alpha value is -1.76. The first kappa shape index (κ1) is 26.2. The number of hydrogen-bond donors (Lipinski definition) is 2. The highest BCUT2D eigenvalue weighted by atomic mass is 35.5. The molecule has 0 amide bonds. The molecule has 14 heteroatoms. The molecule has 2 nitrogen and oxygen atoms in total. The SMILES string of the molecule is Cl.Cl.N[C@H](c1c(F)c(F)c(F)c(F)c1F)[C@H](N)c1c(F)c(F)c(F)c(F)c1F. The van der Waals surface area contributed by atoms with Gasteiger partial charge in [-0.05, 0) is 0 Å². The molecule has 0 aliphatic heterocycles. The molecular formula is C14H8Cl2F10N2. The highest BCUT2D eigenvalue weighted by molar-refractivity contribution is 5.85. The van der Waals surface area contributed by atoms with E-state index in [1.165, 1.54) is 0 Å². The van der Waals surface area contributed by atoms with Crippen molar-refractivity contribution in [1.82, 2.24) is 0 Å². The van der Waals surface area contributed by atoms with Gasteiger partial charge >= 0.3 is 0 Å². The lowest BCUT2D eigenvalue weighted by atomic mass is 9.92. The van der Waals surface area contributed by atoms with Gasteiger partial charge < -0.3 is 11.5 Å². The van der Waals surface area contributed by atoms with Crippen LogP contribution in [-0.2, 0) is 0 Å². The molecule has 2 atom stereocenters. The predicted molar refractivity (Wildman–Crippen MR) is 80.8 cm³/mol. The van der Waals surface area contributed by atoms with Crippen molar-refractivity contribution < 1.29 is 43.9 Å². The zero-order valence-electron chi connectivity index (χ0n) is 12.9. The zero-order chi connectivity index (χ0) is 20.1. The van der Waals surface area contributed by atoms with Crippen molar-refractivity contribution in [3.8, 4) is 0 Å². The Labute approximate surface area is 162 Å². The third-order valence-electron chi connectivity index (χ3n) is 3.54. The molecule has 0 bridgehead atoms. The van der Waals surface area contributed by atoms with E-state index in [0.717, 1.165) is 0 Å². The average molecular weight is 465 g/mol. The Bertz CT molecular complexity index is 777. The topological polar surface area (TPSA) is 52.0 Å². The lowest BCUT2D eigenvalue weighted by molar-refractivity contribution is 0.343. The number of nitrogens with two attached hydrogens (primary N) is 2. The summed E-state index contributed by atoms with van der Waals surface area (Å²) in [7, 11) is 0. The Morgan fingerprint density at radius 3 is 0.679 bits per heavy atom. The van der Waals surface area contributed by atoms with Crippen LogP contribution in [0.1, 0.15) is 23.2 Å². The van der Waals surface area contributed by atoms with Crippen molar-refractivity contribution >= 4 is 24.8 Å². The molecule has 28 heavy (non-hydrogen) atoms. The van der Waals surface area contributed by atoms with Gasteiger partial charge in [-0.1, -0.05) is 0 Å². The Morgan fingerprint density at radius 2 is 0.500 bits per heavy atom. The predicted octanol–water partition coefficient (Wildman–Crippen LogP) is 4.62. The molecular weight excluding hydrogens is 457 g/mol. The van der Waals surface area contributed by atoms with Crippen molar-refractivity contribution in [2.45, 2.75) is 12.1 Å². The minimum atomic E-state index is -2.55. The molecule has 0 fully saturated rings. The number of hydrogen-bond acceptors (Lipinski definition) is 2. The van der Waals surface area contributed by atoms with Gasteiger partial charge in [0.25, 0.3) is 0 Å². The van der Waals surface area contributed by atoms with Crippen LogP contribution in [0.25, 0.3) is 0 Å². The van der Waals surface area contributed by atoms with E-state index < -0.39 is 81.4 Å². The summed E-state index contributed by atoms with van der Waals surface area (Å²) in [6, 6.07) is -5.10. The quantitative estimate of drug-likeness (QED) is 0.395. The first-order valence-electron chi connectivity index (χ1n) is 6.47. The monoisotopic (exact) mass is 464 g/mol. The highest BCUT2D eigenvalue weighted by Gasteiger charge is 2.36. The molecule has 0 aromatic heterocycles. The van der Waals surface area contributed by atoms with Gasteiger partial charge in [-0.15, -0.1) is 24.8 Å². The van der Waals surface area contributed by atoms with E-state index in [-0.39, 0.29) is 24.8 Å². The van der Waals surface area contributed by atoms with Crippen LogP contribution in [0.2, 0.25) is 0 Å². The molecule has 2 rings (SSSR count). The second-order valence-corrected chi connectivity index (χ2v) is 5.02. The summed E-state index contributed by atoms with van der Waals surface area (Å²) >= 11 is 0. The van der Waals surface area contributed by atoms with Crippen LogP contribution in [0.15, 0.2) is 0 Å². The van der Waals surface area contributed by atoms with Crippen LogP contribution in [-0.4, -0.2) is 0 Å². The van der Waals surface area contributed by atoms with Gasteiger partial charge in [0.2, 0.25) is 11.6 Å². The number of rotatable bonds is 3. The van der Waals surface area contributed by atoms with Crippen LogP contribution in [0.3, 0.4) is 0 Å². The lowest BCUT2D eigenvalue weighted by Crippen LogP contribution is -2.31. The van der Waals surface area contributed by atoms with Gasteiger partial charge in [-0.3, -0.25) is 0 Å². The summed E-state index contributed by atoms with van der Waals surface area (Å²) < 4.78 is 134. The lowest BCUT2D eigenvalue weighted by Gasteiger charge is -2.23. The third kappa shape index (κ3) is 3.86. The van der Waals surface area contributed by atoms with Crippen molar-refractivity contribution in [3.63, 3.8) is 0 Å². The van der Waals surface area contributed by atoms with Crippen LogP contribution < -0.4 is 11.5 Å². The van der Waals surface area contributed by atoms with Crippen LogP contribution in [0, 0.1) is 58.2 Å². The normalized spacial score (nSPS) is 12.9. The van der Waals surface area contributed by atoms with Crippen molar-refractivity contribution in [2.24, 2.45) is 11.5 Å². The fraction of sp³-hybridized carbons (Fsp3) is 0.143. The van der Waals surface area contributed by atoms with Gasteiger partial charge in [0.1, 0.15) is 0 Å². The van der Waals surface area contributed by atoms with Gasteiger partial charge in [-0.2, -0.15) is 0 Å². The molecule has 0 unspecified atom stereocenters. The molecule has 0 aliphatic rings. The third-order valence-corrected chi connectivity index (χ3v) is 3.54. The molecule has 158 valence electrons. The molecule has 4 N–H and O–H groups in total. The second-order valence-electron chi connectivity index (χ2n) is 5.02. The van der Waals surface area contributed by atoms with Crippen molar-refractivity contribution in [3.05, 3.63) is 69.3 Å². The van der Waals surface area contributed by atoms with Gasteiger partial charge in [0, 0.05) is 11.1 Å². The maximum absolute atomic E-state index is 13.7. The molecule has 0 saturated heterocycles. The standard InChI is InChI=1S/C14H6F10N2.2ClH/c15-3-1(4(16)8(20)11(23)7(3)19)13(25)14(26)2-5(17)9(21)12(24)10(22)6(2)18;;/h13-14H,25-26H2;2*1H/t13-,14-;;/m1../s1. The Kier molecular flexibility index (Phi) is 8.58. The smallest absolute Gasteiger partial charge is 0.200 e. The Morgan fingerprint density at radius 1 is 0.357 bits per heavy atom. The average Bonchev–Trinajstić information content (AvgIpc) is 2.61. The van der Waals surface area contributed by atoms with E-state index in [4.69, 9.17) is 11.5 Å². The summed E-state index contributed by atoms with van der Waals surface area (Å²) in [6.07, 6.45) is 0. The number of benzene rings is 2. The zero-order valence-corrected chi connectivity index (χ0v) is 14.5.